The van der Waals surface area contributed by atoms with Crippen LogP contribution in [0, 0.1) is 0 Å². The monoisotopic (exact) mass is 303 g/mol. The Labute approximate surface area is 129 Å². The van der Waals surface area contributed by atoms with Crippen LogP contribution in [0.3, 0.4) is 0 Å². The number of carbonyl (C=O) groups is 1. The molecule has 7 heteroatoms. The van der Waals surface area contributed by atoms with Crippen molar-refractivity contribution in [3.8, 4) is 5.75 Å². The van der Waals surface area contributed by atoms with Crippen LogP contribution < -0.4 is 10.1 Å². The number of tetrazole rings is 1. The number of amides is 1. The van der Waals surface area contributed by atoms with Gasteiger partial charge in [0.25, 0.3) is 11.9 Å². The third-order valence-corrected chi connectivity index (χ3v) is 3.13. The van der Waals surface area contributed by atoms with Gasteiger partial charge in [0.05, 0.1) is 12.6 Å². The van der Waals surface area contributed by atoms with Crippen LogP contribution in [0.25, 0.3) is 0 Å². The Morgan fingerprint density at radius 2 is 2.05 bits per heavy atom. The van der Waals surface area contributed by atoms with E-state index in [9.17, 15) is 4.79 Å². The van der Waals surface area contributed by atoms with Gasteiger partial charge in [0.15, 0.2) is 0 Å². The van der Waals surface area contributed by atoms with E-state index in [-0.39, 0.29) is 18.0 Å². The summed E-state index contributed by atoms with van der Waals surface area (Å²) in [5, 5.41) is 14.3. The predicted molar refractivity (Wildman–Crippen MR) is 82.9 cm³/mol. The molecule has 2 rings (SSSR count). The second-order valence-corrected chi connectivity index (χ2v) is 5.02. The Balaban J connectivity index is 1.96. The third kappa shape index (κ3) is 4.28. The molecular weight excluding hydrogens is 282 g/mol. The van der Waals surface area contributed by atoms with E-state index in [1.807, 2.05) is 13.8 Å². The minimum atomic E-state index is -0.272. The van der Waals surface area contributed by atoms with E-state index < -0.39 is 0 Å². The first-order chi connectivity index (χ1) is 10.6. The zero-order chi connectivity index (χ0) is 15.9. The Morgan fingerprint density at radius 1 is 1.32 bits per heavy atom. The molecule has 1 N–H and O–H groups in total. The average molecular weight is 303 g/mol. The van der Waals surface area contributed by atoms with Gasteiger partial charge in [0.1, 0.15) is 5.75 Å². The molecule has 1 aromatic heterocycles. The van der Waals surface area contributed by atoms with Gasteiger partial charge in [-0.05, 0) is 49.2 Å². The van der Waals surface area contributed by atoms with Gasteiger partial charge in [-0.25, -0.2) is 0 Å². The number of anilines is 1. The van der Waals surface area contributed by atoms with Crippen molar-refractivity contribution in [3.05, 3.63) is 29.8 Å². The van der Waals surface area contributed by atoms with Gasteiger partial charge in [0, 0.05) is 5.56 Å². The maximum absolute atomic E-state index is 12.1. The highest BCUT2D eigenvalue weighted by molar-refractivity contribution is 6.03. The van der Waals surface area contributed by atoms with Crippen molar-refractivity contribution in [2.24, 2.45) is 0 Å². The first kappa shape index (κ1) is 15.9. The summed E-state index contributed by atoms with van der Waals surface area (Å²) in [6.45, 7) is 6.76. The van der Waals surface area contributed by atoms with Crippen LogP contribution in [0.2, 0.25) is 0 Å². The fraction of sp³-hybridized carbons (Fsp3) is 0.467. The Kier molecular flexibility index (Phi) is 5.46. The van der Waals surface area contributed by atoms with Crippen LogP contribution in [0.5, 0.6) is 5.75 Å². The summed E-state index contributed by atoms with van der Waals surface area (Å²) in [5.41, 5.74) is 0.517. The molecule has 2 aromatic rings. The summed E-state index contributed by atoms with van der Waals surface area (Å²) >= 11 is 0. The SMILES string of the molecule is CCCn1nnc(NC(=O)c2ccc(O[C@H](C)CC)cc2)n1. The molecule has 1 atom stereocenters. The number of rotatable bonds is 7. The summed E-state index contributed by atoms with van der Waals surface area (Å²) in [6.07, 6.45) is 1.99. The van der Waals surface area contributed by atoms with Crippen LogP contribution in [0.4, 0.5) is 5.95 Å². The molecule has 22 heavy (non-hydrogen) atoms. The molecule has 0 saturated heterocycles. The molecule has 0 saturated carbocycles. The normalized spacial score (nSPS) is 12.0. The van der Waals surface area contributed by atoms with E-state index in [2.05, 4.69) is 27.7 Å². The average Bonchev–Trinajstić information content (AvgIpc) is 2.95. The second-order valence-electron chi connectivity index (χ2n) is 5.02. The maximum atomic E-state index is 12.1. The van der Waals surface area contributed by atoms with E-state index in [1.165, 1.54) is 4.80 Å². The summed E-state index contributed by atoms with van der Waals surface area (Å²) in [4.78, 5) is 13.6. The number of aromatic nitrogens is 4. The fourth-order valence-corrected chi connectivity index (χ4v) is 1.76. The molecule has 0 fully saturated rings. The van der Waals surface area contributed by atoms with Crippen LogP contribution >= 0.6 is 0 Å². The molecule has 0 spiro atoms. The molecule has 0 aliphatic heterocycles. The van der Waals surface area contributed by atoms with Gasteiger partial charge in [0.2, 0.25) is 0 Å². The zero-order valence-electron chi connectivity index (χ0n) is 13.1. The van der Waals surface area contributed by atoms with Crippen molar-refractivity contribution >= 4 is 11.9 Å². The van der Waals surface area contributed by atoms with Crippen LogP contribution in [0.1, 0.15) is 44.0 Å². The van der Waals surface area contributed by atoms with Crippen molar-refractivity contribution in [2.45, 2.75) is 46.3 Å². The van der Waals surface area contributed by atoms with Crippen molar-refractivity contribution in [2.75, 3.05) is 5.32 Å². The number of aryl methyl sites for hydroxylation is 1. The van der Waals surface area contributed by atoms with E-state index >= 15 is 0 Å². The first-order valence-corrected chi connectivity index (χ1v) is 7.48. The number of hydrogen-bond acceptors (Lipinski definition) is 5. The standard InChI is InChI=1S/C15H21N5O2/c1-4-10-20-18-15(17-19-20)16-14(21)12-6-8-13(9-7-12)22-11(3)5-2/h6-9,11H,4-5,10H2,1-3H3,(H,16,18,21)/t11-/m1/s1. The van der Waals surface area contributed by atoms with E-state index in [4.69, 9.17) is 4.74 Å². The quantitative estimate of drug-likeness (QED) is 0.850. The molecule has 0 bridgehead atoms. The van der Waals surface area contributed by atoms with Gasteiger partial charge in [-0.15, -0.1) is 5.10 Å². The van der Waals surface area contributed by atoms with Crippen molar-refractivity contribution < 1.29 is 9.53 Å². The molecular formula is C15H21N5O2. The third-order valence-electron chi connectivity index (χ3n) is 3.13. The summed E-state index contributed by atoms with van der Waals surface area (Å²) in [5.74, 6) is 0.683. The molecule has 7 nitrogen and oxygen atoms in total. The molecule has 0 radical (unpaired) electrons. The van der Waals surface area contributed by atoms with Crippen molar-refractivity contribution in [3.63, 3.8) is 0 Å². The van der Waals surface area contributed by atoms with Gasteiger partial charge in [-0.3, -0.25) is 10.1 Å². The fourth-order valence-electron chi connectivity index (χ4n) is 1.76. The smallest absolute Gasteiger partial charge is 0.270 e. The minimum absolute atomic E-state index is 0.150. The number of hydrogen-bond donors (Lipinski definition) is 1. The zero-order valence-corrected chi connectivity index (χ0v) is 13.1. The maximum Gasteiger partial charge on any atom is 0.270 e. The highest BCUT2D eigenvalue weighted by atomic mass is 16.5. The summed E-state index contributed by atoms with van der Waals surface area (Å²) in [7, 11) is 0. The van der Waals surface area contributed by atoms with Gasteiger partial charge in [-0.2, -0.15) is 4.80 Å². The minimum Gasteiger partial charge on any atom is -0.491 e. The first-order valence-electron chi connectivity index (χ1n) is 7.48. The van der Waals surface area contributed by atoms with Crippen molar-refractivity contribution in [1.82, 2.24) is 20.2 Å². The Bertz CT molecular complexity index is 609. The lowest BCUT2D eigenvalue weighted by atomic mass is 10.2. The molecule has 0 aliphatic carbocycles. The highest BCUT2D eigenvalue weighted by Crippen LogP contribution is 2.15. The summed E-state index contributed by atoms with van der Waals surface area (Å²) in [6, 6.07) is 6.98. The Hall–Kier alpha value is -2.44. The lowest BCUT2D eigenvalue weighted by molar-refractivity contribution is 0.102. The number of nitrogens with zero attached hydrogens (tertiary/aromatic N) is 4. The summed E-state index contributed by atoms with van der Waals surface area (Å²) < 4.78 is 5.68. The molecule has 1 amide bonds. The lowest BCUT2D eigenvalue weighted by Crippen LogP contribution is -2.14. The largest absolute Gasteiger partial charge is 0.491 e. The molecule has 118 valence electrons. The highest BCUT2D eigenvalue weighted by Gasteiger charge is 2.10. The van der Waals surface area contributed by atoms with Gasteiger partial charge < -0.3 is 4.74 Å². The van der Waals surface area contributed by atoms with Crippen LogP contribution in [0.15, 0.2) is 24.3 Å². The lowest BCUT2D eigenvalue weighted by Gasteiger charge is -2.12. The Morgan fingerprint density at radius 3 is 2.68 bits per heavy atom. The predicted octanol–water partition coefficient (Wildman–Crippen LogP) is 2.51. The van der Waals surface area contributed by atoms with Gasteiger partial charge in [-0.1, -0.05) is 18.9 Å². The second kappa shape index (κ2) is 7.53. The van der Waals surface area contributed by atoms with E-state index in [0.717, 1.165) is 18.6 Å². The van der Waals surface area contributed by atoms with E-state index in [1.54, 1.807) is 24.3 Å². The molecule has 1 heterocycles. The van der Waals surface area contributed by atoms with Gasteiger partial charge >= 0.3 is 0 Å². The molecule has 0 aliphatic rings. The number of nitrogens with one attached hydrogen (secondary N) is 1. The van der Waals surface area contributed by atoms with Crippen LogP contribution in [-0.4, -0.2) is 32.2 Å². The van der Waals surface area contributed by atoms with E-state index in [0.29, 0.717) is 12.1 Å². The van der Waals surface area contributed by atoms with Crippen molar-refractivity contribution in [1.29, 1.82) is 0 Å². The molecule has 1 aromatic carbocycles. The topological polar surface area (TPSA) is 81.9 Å². The number of benzene rings is 1. The number of carbonyl (C=O) groups excluding carboxylic acids is 1. The van der Waals surface area contributed by atoms with Crippen LogP contribution in [-0.2, 0) is 6.54 Å². The molecule has 0 unspecified atom stereocenters. The number of ether oxygens (including phenoxy) is 1.